The van der Waals surface area contributed by atoms with E-state index in [2.05, 4.69) is 0 Å². The zero-order valence-corrected chi connectivity index (χ0v) is 10.1. The fraction of sp³-hybridized carbons (Fsp3) is 0.538. The molecule has 1 saturated carbocycles. The Morgan fingerprint density at radius 2 is 2.00 bits per heavy atom. The quantitative estimate of drug-likeness (QED) is 0.724. The van der Waals surface area contributed by atoms with Crippen LogP contribution in [0.3, 0.4) is 0 Å². The predicted octanol–water partition coefficient (Wildman–Crippen LogP) is 4.06. The van der Waals surface area contributed by atoms with Gasteiger partial charge in [-0.2, -0.15) is 0 Å². The molecule has 3 heteroatoms. The second-order valence-electron chi connectivity index (χ2n) is 4.46. The molecule has 1 atom stereocenters. The van der Waals surface area contributed by atoms with Crippen LogP contribution in [0.5, 0.6) is 0 Å². The highest BCUT2D eigenvalue weighted by Crippen LogP contribution is 2.43. The van der Waals surface area contributed by atoms with Crippen molar-refractivity contribution in [2.45, 2.75) is 36.7 Å². The van der Waals surface area contributed by atoms with Gasteiger partial charge in [0, 0.05) is 7.11 Å². The van der Waals surface area contributed by atoms with E-state index in [0.29, 0.717) is 0 Å². The van der Waals surface area contributed by atoms with Crippen molar-refractivity contribution in [1.82, 2.24) is 0 Å². The minimum atomic E-state index is -0.224. The van der Waals surface area contributed by atoms with Crippen LogP contribution in [0.15, 0.2) is 24.3 Å². The lowest BCUT2D eigenvalue weighted by Gasteiger charge is -2.41. The first kappa shape index (κ1) is 11.9. The Morgan fingerprint density at radius 1 is 1.38 bits per heavy atom. The highest BCUT2D eigenvalue weighted by molar-refractivity contribution is 6.20. The Kier molecular flexibility index (Phi) is 3.50. The summed E-state index contributed by atoms with van der Waals surface area (Å²) >= 11 is 6.33. The molecule has 1 unspecified atom stereocenters. The SMILES string of the molecule is COC1(CC(Cl)c2ccc(F)cc2)CCC1. The lowest BCUT2D eigenvalue weighted by atomic mass is 9.76. The number of rotatable bonds is 4. The summed E-state index contributed by atoms with van der Waals surface area (Å²) in [6.07, 6.45) is 4.17. The number of hydrogen-bond acceptors (Lipinski definition) is 1. The molecule has 88 valence electrons. The van der Waals surface area contributed by atoms with Crippen LogP contribution in [0.4, 0.5) is 4.39 Å². The number of ether oxygens (including phenoxy) is 1. The molecule has 0 aromatic heterocycles. The van der Waals surface area contributed by atoms with Crippen molar-refractivity contribution in [1.29, 1.82) is 0 Å². The summed E-state index contributed by atoms with van der Waals surface area (Å²) in [6.45, 7) is 0. The van der Waals surface area contributed by atoms with Crippen LogP contribution in [-0.4, -0.2) is 12.7 Å². The Bertz CT molecular complexity index is 340. The fourth-order valence-electron chi connectivity index (χ4n) is 2.18. The molecule has 1 aliphatic rings. The maximum absolute atomic E-state index is 12.8. The van der Waals surface area contributed by atoms with E-state index >= 15 is 0 Å². The minimum absolute atomic E-state index is 0.0409. The summed E-state index contributed by atoms with van der Waals surface area (Å²) < 4.78 is 18.3. The number of benzene rings is 1. The molecule has 1 nitrogen and oxygen atoms in total. The first-order chi connectivity index (χ1) is 7.65. The third-order valence-electron chi connectivity index (χ3n) is 3.48. The smallest absolute Gasteiger partial charge is 0.123 e. The second kappa shape index (κ2) is 4.72. The average molecular weight is 243 g/mol. The molecular weight excluding hydrogens is 227 g/mol. The van der Waals surface area contributed by atoms with Crippen molar-refractivity contribution in [2.75, 3.05) is 7.11 Å². The van der Waals surface area contributed by atoms with Crippen LogP contribution in [0, 0.1) is 5.82 Å². The lowest BCUT2D eigenvalue weighted by Crippen LogP contribution is -2.39. The highest BCUT2D eigenvalue weighted by Gasteiger charge is 2.38. The average Bonchev–Trinajstić information content (AvgIpc) is 2.24. The largest absolute Gasteiger partial charge is 0.378 e. The normalized spacial score (nSPS) is 20.2. The van der Waals surface area contributed by atoms with Gasteiger partial charge in [-0.15, -0.1) is 11.6 Å². The van der Waals surface area contributed by atoms with Crippen molar-refractivity contribution in [3.8, 4) is 0 Å². The molecule has 0 radical (unpaired) electrons. The van der Waals surface area contributed by atoms with Crippen LogP contribution in [0.2, 0.25) is 0 Å². The van der Waals surface area contributed by atoms with Gasteiger partial charge >= 0.3 is 0 Å². The zero-order chi connectivity index (χ0) is 11.6. The second-order valence-corrected chi connectivity index (χ2v) is 4.99. The number of methoxy groups -OCH3 is 1. The van der Waals surface area contributed by atoms with E-state index in [0.717, 1.165) is 24.8 Å². The van der Waals surface area contributed by atoms with Gasteiger partial charge in [0.05, 0.1) is 11.0 Å². The van der Waals surface area contributed by atoms with E-state index in [1.807, 2.05) is 0 Å². The van der Waals surface area contributed by atoms with E-state index in [1.54, 1.807) is 19.2 Å². The van der Waals surface area contributed by atoms with Crippen LogP contribution >= 0.6 is 11.6 Å². The van der Waals surface area contributed by atoms with Gasteiger partial charge in [0.1, 0.15) is 5.82 Å². The Hall–Kier alpha value is -0.600. The summed E-state index contributed by atoms with van der Waals surface area (Å²) in [7, 11) is 1.74. The number of halogens is 2. The minimum Gasteiger partial charge on any atom is -0.378 e. The molecule has 16 heavy (non-hydrogen) atoms. The van der Waals surface area contributed by atoms with Crippen LogP contribution in [-0.2, 0) is 4.74 Å². The van der Waals surface area contributed by atoms with Gasteiger partial charge in [0.15, 0.2) is 0 Å². The van der Waals surface area contributed by atoms with Crippen LogP contribution in [0.25, 0.3) is 0 Å². The van der Waals surface area contributed by atoms with Gasteiger partial charge in [0.2, 0.25) is 0 Å². The van der Waals surface area contributed by atoms with Crippen molar-refractivity contribution in [3.63, 3.8) is 0 Å². The van der Waals surface area contributed by atoms with E-state index in [1.165, 1.54) is 18.6 Å². The monoisotopic (exact) mass is 242 g/mol. The lowest BCUT2D eigenvalue weighted by molar-refractivity contribution is -0.0780. The number of alkyl halides is 1. The molecular formula is C13H16ClFO. The number of hydrogen-bond donors (Lipinski definition) is 0. The molecule has 0 heterocycles. The Balaban J connectivity index is 2.02. The van der Waals surface area contributed by atoms with Crippen molar-refractivity contribution in [2.24, 2.45) is 0 Å². The summed E-state index contributed by atoms with van der Waals surface area (Å²) in [4.78, 5) is 0. The molecule has 0 bridgehead atoms. The first-order valence-electron chi connectivity index (χ1n) is 5.60. The van der Waals surface area contributed by atoms with E-state index in [9.17, 15) is 4.39 Å². The van der Waals surface area contributed by atoms with Gasteiger partial charge in [-0.25, -0.2) is 4.39 Å². The molecule has 1 aromatic carbocycles. The van der Waals surface area contributed by atoms with Gasteiger partial charge in [-0.3, -0.25) is 0 Å². The van der Waals surface area contributed by atoms with Crippen LogP contribution < -0.4 is 0 Å². The standard InChI is InChI=1S/C13H16ClFO/c1-16-13(7-2-8-13)9-12(14)10-3-5-11(15)6-4-10/h3-6,12H,2,7-9H2,1H3. The third kappa shape index (κ3) is 2.38. The third-order valence-corrected chi connectivity index (χ3v) is 3.89. The zero-order valence-electron chi connectivity index (χ0n) is 9.38. The molecule has 0 amide bonds. The van der Waals surface area contributed by atoms with Crippen molar-refractivity contribution >= 4 is 11.6 Å². The maximum Gasteiger partial charge on any atom is 0.123 e. The summed E-state index contributed by atoms with van der Waals surface area (Å²) in [5.74, 6) is -0.224. The first-order valence-corrected chi connectivity index (χ1v) is 6.03. The topological polar surface area (TPSA) is 9.23 Å². The molecule has 0 aliphatic heterocycles. The summed E-state index contributed by atoms with van der Waals surface area (Å²) in [6, 6.07) is 6.39. The van der Waals surface area contributed by atoms with Crippen molar-refractivity contribution in [3.05, 3.63) is 35.6 Å². The van der Waals surface area contributed by atoms with Gasteiger partial charge in [0.25, 0.3) is 0 Å². The summed E-state index contributed by atoms with van der Waals surface area (Å²) in [5.41, 5.74) is 0.923. The Morgan fingerprint density at radius 3 is 2.44 bits per heavy atom. The molecule has 0 saturated heterocycles. The molecule has 1 fully saturated rings. The van der Waals surface area contributed by atoms with Gasteiger partial charge in [-0.05, 0) is 43.4 Å². The van der Waals surface area contributed by atoms with Crippen molar-refractivity contribution < 1.29 is 9.13 Å². The van der Waals surface area contributed by atoms with E-state index in [4.69, 9.17) is 16.3 Å². The fourth-order valence-corrected chi connectivity index (χ4v) is 2.61. The molecule has 0 N–H and O–H groups in total. The molecule has 1 aliphatic carbocycles. The summed E-state index contributed by atoms with van der Waals surface area (Å²) in [5, 5.41) is -0.0964. The maximum atomic E-state index is 12.8. The van der Waals surface area contributed by atoms with Gasteiger partial charge < -0.3 is 4.74 Å². The highest BCUT2D eigenvalue weighted by atomic mass is 35.5. The molecule has 0 spiro atoms. The van der Waals surface area contributed by atoms with Crippen LogP contribution in [0.1, 0.15) is 36.6 Å². The molecule has 2 rings (SSSR count). The predicted molar refractivity (Wildman–Crippen MR) is 63.2 cm³/mol. The Labute approximate surface area is 101 Å². The van der Waals surface area contributed by atoms with Gasteiger partial charge in [-0.1, -0.05) is 12.1 Å². The molecule has 1 aromatic rings. The van der Waals surface area contributed by atoms with E-state index in [-0.39, 0.29) is 16.8 Å². The van der Waals surface area contributed by atoms with E-state index < -0.39 is 0 Å².